The van der Waals surface area contributed by atoms with Gasteiger partial charge < -0.3 is 4.57 Å². The zero-order valence-corrected chi connectivity index (χ0v) is 10.1. The highest BCUT2D eigenvalue weighted by atomic mass is 35.7. The lowest BCUT2D eigenvalue weighted by Crippen LogP contribution is -2.19. The average Bonchev–Trinajstić information content (AvgIpc) is 2.82. The second-order valence-corrected chi connectivity index (χ2v) is 7.04. The topological polar surface area (TPSA) is 52.0 Å². The monoisotopic (exact) mass is 248 g/mol. The second kappa shape index (κ2) is 3.49. The van der Waals surface area contributed by atoms with Crippen LogP contribution >= 0.6 is 10.7 Å². The summed E-state index contributed by atoms with van der Waals surface area (Å²) in [5.41, 5.74) is 0. The zero-order chi connectivity index (χ0) is 11.1. The summed E-state index contributed by atoms with van der Waals surface area (Å²) in [4.78, 5) is 4.15. The zero-order valence-electron chi connectivity index (χ0n) is 8.48. The first-order valence-electron chi connectivity index (χ1n) is 4.85. The lowest BCUT2D eigenvalue weighted by Gasteiger charge is -2.10. The van der Waals surface area contributed by atoms with Crippen molar-refractivity contribution in [1.82, 2.24) is 9.55 Å². The van der Waals surface area contributed by atoms with E-state index < -0.39 is 13.8 Å². The molecule has 1 heterocycles. The standard InChI is InChI=1S/C9H13ClN2O2S/c1-12-7-6-11-8(12)2-3-9(4-5-9)15(10,13)14/h6-7H,2-5H2,1H3. The van der Waals surface area contributed by atoms with Gasteiger partial charge in [0.1, 0.15) is 5.82 Å². The van der Waals surface area contributed by atoms with E-state index >= 15 is 0 Å². The summed E-state index contributed by atoms with van der Waals surface area (Å²) in [5, 5.41) is 0. The number of hydrogen-bond donors (Lipinski definition) is 0. The van der Waals surface area contributed by atoms with Crippen LogP contribution in [0.3, 0.4) is 0 Å². The molecule has 1 fully saturated rings. The minimum atomic E-state index is -3.42. The van der Waals surface area contributed by atoms with E-state index in [0.29, 0.717) is 25.7 Å². The van der Waals surface area contributed by atoms with E-state index in [-0.39, 0.29) is 0 Å². The molecule has 0 amide bonds. The van der Waals surface area contributed by atoms with Crippen LogP contribution < -0.4 is 0 Å². The van der Waals surface area contributed by atoms with Crippen LogP contribution in [-0.2, 0) is 22.5 Å². The lowest BCUT2D eigenvalue weighted by atomic mass is 10.2. The average molecular weight is 249 g/mol. The first kappa shape index (κ1) is 11.0. The molecule has 0 N–H and O–H groups in total. The summed E-state index contributed by atoms with van der Waals surface area (Å²) in [6.07, 6.45) is 6.17. The molecular weight excluding hydrogens is 236 g/mol. The highest BCUT2D eigenvalue weighted by Gasteiger charge is 2.53. The molecule has 2 rings (SSSR count). The van der Waals surface area contributed by atoms with Gasteiger partial charge in [0.2, 0.25) is 9.05 Å². The number of halogens is 1. The Morgan fingerprint density at radius 3 is 2.67 bits per heavy atom. The number of hydrogen-bond acceptors (Lipinski definition) is 3. The third-order valence-electron chi connectivity index (χ3n) is 3.05. The van der Waals surface area contributed by atoms with Crippen molar-refractivity contribution >= 4 is 19.7 Å². The largest absolute Gasteiger partial charge is 0.338 e. The van der Waals surface area contributed by atoms with E-state index in [0.717, 1.165) is 5.82 Å². The van der Waals surface area contributed by atoms with E-state index in [1.54, 1.807) is 6.20 Å². The smallest absolute Gasteiger partial charge is 0.238 e. The number of imidazole rings is 1. The maximum Gasteiger partial charge on any atom is 0.238 e. The first-order valence-corrected chi connectivity index (χ1v) is 7.16. The van der Waals surface area contributed by atoms with Crippen molar-refractivity contribution in [2.75, 3.05) is 0 Å². The molecular formula is C9H13ClN2O2S. The third kappa shape index (κ3) is 2.03. The predicted octanol–water partition coefficient (Wildman–Crippen LogP) is 1.45. The molecule has 15 heavy (non-hydrogen) atoms. The fourth-order valence-electron chi connectivity index (χ4n) is 1.73. The van der Waals surface area contributed by atoms with Gasteiger partial charge in [-0.2, -0.15) is 0 Å². The van der Waals surface area contributed by atoms with Gasteiger partial charge in [-0.3, -0.25) is 0 Å². The molecule has 1 aromatic heterocycles. The van der Waals surface area contributed by atoms with E-state index in [2.05, 4.69) is 4.98 Å². The molecule has 0 bridgehead atoms. The molecule has 0 spiro atoms. The molecule has 1 aromatic rings. The van der Waals surface area contributed by atoms with Gasteiger partial charge in [0.05, 0.1) is 4.75 Å². The Morgan fingerprint density at radius 2 is 2.27 bits per heavy atom. The summed E-state index contributed by atoms with van der Waals surface area (Å²) in [6, 6.07) is 0. The number of aryl methyl sites for hydroxylation is 2. The Bertz CT molecular complexity index is 462. The van der Waals surface area contributed by atoms with Crippen LogP contribution in [0.2, 0.25) is 0 Å². The van der Waals surface area contributed by atoms with Crippen LogP contribution in [0.4, 0.5) is 0 Å². The second-order valence-electron chi connectivity index (χ2n) is 4.08. The molecule has 0 atom stereocenters. The van der Waals surface area contributed by atoms with Crippen molar-refractivity contribution < 1.29 is 8.42 Å². The maximum atomic E-state index is 11.3. The summed E-state index contributed by atoms with van der Waals surface area (Å²) in [5.74, 6) is 0.904. The van der Waals surface area contributed by atoms with Crippen LogP contribution in [0.5, 0.6) is 0 Å². The molecule has 0 radical (unpaired) electrons. The third-order valence-corrected chi connectivity index (χ3v) is 5.68. The SMILES string of the molecule is Cn1ccnc1CCC1(S(=O)(=O)Cl)CC1. The summed E-state index contributed by atoms with van der Waals surface area (Å²) >= 11 is 0. The fourth-order valence-corrected chi connectivity index (χ4v) is 3.36. The van der Waals surface area contributed by atoms with Crippen molar-refractivity contribution in [1.29, 1.82) is 0 Å². The van der Waals surface area contributed by atoms with Crippen LogP contribution in [0.25, 0.3) is 0 Å². The van der Waals surface area contributed by atoms with Gasteiger partial charge in [-0.1, -0.05) is 0 Å². The number of rotatable bonds is 4. The van der Waals surface area contributed by atoms with Gasteiger partial charge >= 0.3 is 0 Å². The number of aromatic nitrogens is 2. The van der Waals surface area contributed by atoms with E-state index in [9.17, 15) is 8.42 Å². The Morgan fingerprint density at radius 1 is 1.60 bits per heavy atom. The Kier molecular flexibility index (Phi) is 2.55. The lowest BCUT2D eigenvalue weighted by molar-refractivity contribution is 0.578. The Balaban J connectivity index is 2.04. The quantitative estimate of drug-likeness (QED) is 0.758. The van der Waals surface area contributed by atoms with E-state index in [4.69, 9.17) is 10.7 Å². The molecule has 6 heteroatoms. The molecule has 1 saturated carbocycles. The van der Waals surface area contributed by atoms with Gasteiger partial charge in [0.15, 0.2) is 0 Å². The predicted molar refractivity (Wildman–Crippen MR) is 58.3 cm³/mol. The fraction of sp³-hybridized carbons (Fsp3) is 0.667. The normalized spacial score (nSPS) is 19.1. The molecule has 0 aromatic carbocycles. The minimum absolute atomic E-state index is 0.573. The highest BCUT2D eigenvalue weighted by molar-refractivity contribution is 8.15. The molecule has 0 unspecified atom stereocenters. The molecule has 84 valence electrons. The number of nitrogens with zero attached hydrogens (tertiary/aromatic N) is 2. The molecule has 1 aliphatic carbocycles. The van der Waals surface area contributed by atoms with Crippen molar-refractivity contribution in [3.05, 3.63) is 18.2 Å². The summed E-state index contributed by atoms with van der Waals surface area (Å²) < 4.78 is 23.8. The van der Waals surface area contributed by atoms with E-state index in [1.165, 1.54) is 0 Å². The van der Waals surface area contributed by atoms with Gasteiger partial charge in [-0.05, 0) is 19.3 Å². The van der Waals surface area contributed by atoms with Gasteiger partial charge in [-0.15, -0.1) is 0 Å². The van der Waals surface area contributed by atoms with Crippen molar-refractivity contribution in [2.45, 2.75) is 30.4 Å². The maximum absolute atomic E-state index is 11.3. The molecule has 4 nitrogen and oxygen atoms in total. The van der Waals surface area contributed by atoms with E-state index in [1.807, 2.05) is 17.8 Å². The molecule has 1 aliphatic rings. The Hall–Kier alpha value is -0.550. The Labute approximate surface area is 93.7 Å². The summed E-state index contributed by atoms with van der Waals surface area (Å²) in [6.45, 7) is 0. The first-order chi connectivity index (χ1) is 6.95. The summed E-state index contributed by atoms with van der Waals surface area (Å²) in [7, 11) is 3.89. The van der Waals surface area contributed by atoms with Crippen LogP contribution in [0.1, 0.15) is 25.1 Å². The van der Waals surface area contributed by atoms with Crippen LogP contribution in [0, 0.1) is 0 Å². The van der Waals surface area contributed by atoms with Gasteiger partial charge in [0.25, 0.3) is 0 Å². The molecule has 0 aliphatic heterocycles. The van der Waals surface area contributed by atoms with Crippen molar-refractivity contribution in [2.24, 2.45) is 7.05 Å². The van der Waals surface area contributed by atoms with Crippen LogP contribution in [-0.4, -0.2) is 22.7 Å². The van der Waals surface area contributed by atoms with Crippen LogP contribution in [0.15, 0.2) is 12.4 Å². The van der Waals surface area contributed by atoms with Crippen molar-refractivity contribution in [3.63, 3.8) is 0 Å². The highest BCUT2D eigenvalue weighted by Crippen LogP contribution is 2.48. The van der Waals surface area contributed by atoms with Gasteiger partial charge in [0, 0.05) is 36.5 Å². The van der Waals surface area contributed by atoms with Gasteiger partial charge in [-0.25, -0.2) is 13.4 Å². The van der Waals surface area contributed by atoms with Crippen molar-refractivity contribution in [3.8, 4) is 0 Å². The molecule has 0 saturated heterocycles. The minimum Gasteiger partial charge on any atom is -0.338 e.